The van der Waals surface area contributed by atoms with Crippen LogP contribution in [0, 0.1) is 0 Å². The smallest absolute Gasteiger partial charge is 0.406 e. The van der Waals surface area contributed by atoms with Crippen LogP contribution in [0.1, 0.15) is 27.7 Å². The highest BCUT2D eigenvalue weighted by atomic mass is 31.2. The largest absolute Gasteiger partial charge is 0.573 e. The van der Waals surface area contributed by atoms with E-state index >= 15 is 4.57 Å². The Morgan fingerprint density at radius 1 is 0.406 bits per heavy atom. The third-order valence-electron chi connectivity index (χ3n) is 10.6. The van der Waals surface area contributed by atoms with Crippen LogP contribution in [-0.2, 0) is 4.57 Å². The molecule has 7 aromatic rings. The number of halogens is 12. The molecule has 0 aliphatic carbocycles. The van der Waals surface area contributed by atoms with Crippen LogP contribution in [-0.4, -0.2) is 42.2 Å². The number of nitrogens with zero attached hydrogens (tertiary/aromatic N) is 1. The minimum Gasteiger partial charge on any atom is -0.406 e. The van der Waals surface area contributed by atoms with Crippen molar-refractivity contribution in [2.45, 2.75) is 65.2 Å². The zero-order valence-corrected chi connectivity index (χ0v) is 37.4. The number of benzene rings is 7. The Labute approximate surface area is 387 Å². The molecule has 0 aliphatic heterocycles. The molecular weight excluding hydrogens is 954 g/mol. The van der Waals surface area contributed by atoms with E-state index in [9.17, 15) is 52.7 Å². The Hall–Kier alpha value is -6.65. The lowest BCUT2D eigenvalue weighted by atomic mass is 9.79. The summed E-state index contributed by atoms with van der Waals surface area (Å²) in [6.45, 7) is 7.37. The predicted octanol–water partition coefficient (Wildman–Crippen LogP) is 15.4. The molecule has 69 heavy (non-hydrogen) atoms. The minimum atomic E-state index is -5.24. The van der Waals surface area contributed by atoms with E-state index in [-0.39, 0.29) is 72.7 Å². The Balaban J connectivity index is 1.73. The first-order chi connectivity index (χ1) is 32.2. The molecule has 0 aliphatic rings. The van der Waals surface area contributed by atoms with Crippen LogP contribution in [0.3, 0.4) is 0 Å². The molecule has 0 saturated heterocycles. The van der Waals surface area contributed by atoms with Gasteiger partial charge < -0.3 is 18.9 Å². The maximum atomic E-state index is 16.6. The normalized spacial score (nSPS) is 13.5. The fourth-order valence-electron chi connectivity index (χ4n) is 8.51. The summed E-state index contributed by atoms with van der Waals surface area (Å²) in [4.78, 5) is 0. The molecule has 0 amide bonds. The molecule has 1 unspecified atom stereocenters. The number of ether oxygens (including phenoxy) is 4. The molecule has 0 saturated carbocycles. The second kappa shape index (κ2) is 19.0. The summed E-state index contributed by atoms with van der Waals surface area (Å²) in [6, 6.07) is 30.4. The standard InChI is InChI=1S/C50H38F12NO5P/c1-29(2)63(30(3)4)69(64,38-10-6-5-7-11-38)42-13-9-8-12-40(42)46-39-27-26-37(68-50(60,61)62)28-41(39)43(31-14-20-34(21-15-31)65-47(51,52)53)44(32-16-22-35(23-17-32)66-48(54,55)56)45(46)33-18-24-36(25-19-33)67-49(57,58)59/h5-30H,1-4H3. The molecule has 6 nitrogen and oxygen atoms in total. The molecule has 0 radical (unpaired) electrons. The Kier molecular flexibility index (Phi) is 13.9. The summed E-state index contributed by atoms with van der Waals surface area (Å²) < 4.78 is 199. The van der Waals surface area contributed by atoms with Gasteiger partial charge in [-0.2, -0.15) is 0 Å². The fourth-order valence-corrected chi connectivity index (χ4v) is 12.0. The van der Waals surface area contributed by atoms with E-state index in [1.165, 1.54) is 42.5 Å². The summed E-state index contributed by atoms with van der Waals surface area (Å²) in [7, 11) is -4.03. The summed E-state index contributed by atoms with van der Waals surface area (Å²) in [5.74, 6) is -2.78. The maximum absolute atomic E-state index is 16.6. The molecule has 19 heteroatoms. The average Bonchev–Trinajstić information content (AvgIpc) is 3.24. The third-order valence-corrected chi connectivity index (χ3v) is 14.2. The van der Waals surface area contributed by atoms with Gasteiger partial charge in [0.05, 0.1) is 0 Å². The van der Waals surface area contributed by atoms with E-state index in [2.05, 4.69) is 18.9 Å². The maximum Gasteiger partial charge on any atom is 0.573 e. The second-order valence-corrected chi connectivity index (χ2v) is 18.6. The van der Waals surface area contributed by atoms with Gasteiger partial charge in [-0.15, -0.1) is 52.7 Å². The molecule has 0 fully saturated rings. The third kappa shape index (κ3) is 11.5. The van der Waals surface area contributed by atoms with Gasteiger partial charge in [0.2, 0.25) is 7.29 Å². The van der Waals surface area contributed by atoms with Crippen LogP contribution in [0.25, 0.3) is 55.3 Å². The van der Waals surface area contributed by atoms with Crippen molar-refractivity contribution in [2.24, 2.45) is 0 Å². The lowest BCUT2D eigenvalue weighted by molar-refractivity contribution is -0.275. The van der Waals surface area contributed by atoms with Crippen molar-refractivity contribution in [3.8, 4) is 67.5 Å². The number of rotatable bonds is 13. The van der Waals surface area contributed by atoms with Crippen molar-refractivity contribution in [1.82, 2.24) is 4.67 Å². The van der Waals surface area contributed by atoms with E-state index in [4.69, 9.17) is 0 Å². The van der Waals surface area contributed by atoms with Crippen molar-refractivity contribution in [2.75, 3.05) is 0 Å². The predicted molar refractivity (Wildman–Crippen MR) is 238 cm³/mol. The van der Waals surface area contributed by atoms with Gasteiger partial charge in [-0.1, -0.05) is 78.9 Å². The van der Waals surface area contributed by atoms with Crippen LogP contribution < -0.4 is 29.6 Å². The number of fused-ring (bicyclic) bond motifs is 1. The van der Waals surface area contributed by atoms with Crippen LogP contribution in [0.4, 0.5) is 52.7 Å². The van der Waals surface area contributed by atoms with Gasteiger partial charge in [0.1, 0.15) is 23.0 Å². The number of hydrogen-bond acceptors (Lipinski definition) is 5. The zero-order valence-electron chi connectivity index (χ0n) is 36.5. The van der Waals surface area contributed by atoms with Gasteiger partial charge in [-0.3, -0.25) is 4.57 Å². The fraction of sp³-hybridized carbons (Fsp3) is 0.200. The van der Waals surface area contributed by atoms with Crippen molar-refractivity contribution >= 4 is 28.7 Å². The number of hydrogen-bond donors (Lipinski definition) is 0. The van der Waals surface area contributed by atoms with Crippen molar-refractivity contribution in [3.05, 3.63) is 146 Å². The van der Waals surface area contributed by atoms with Gasteiger partial charge in [-0.05, 0) is 150 Å². The topological polar surface area (TPSA) is 57.2 Å². The first-order valence-electron chi connectivity index (χ1n) is 20.7. The minimum absolute atomic E-state index is 0.00289. The molecule has 7 aromatic carbocycles. The van der Waals surface area contributed by atoms with Crippen LogP contribution in [0.2, 0.25) is 0 Å². The highest BCUT2D eigenvalue weighted by Crippen LogP contribution is 2.57. The van der Waals surface area contributed by atoms with Gasteiger partial charge in [0, 0.05) is 22.7 Å². The van der Waals surface area contributed by atoms with Gasteiger partial charge in [-0.25, -0.2) is 4.67 Å². The van der Waals surface area contributed by atoms with Crippen LogP contribution >= 0.6 is 7.29 Å². The Bertz CT molecular complexity index is 2960. The van der Waals surface area contributed by atoms with Gasteiger partial charge in [0.15, 0.2) is 0 Å². The molecule has 0 bridgehead atoms. The van der Waals surface area contributed by atoms with Gasteiger partial charge >= 0.3 is 25.4 Å². The zero-order chi connectivity index (χ0) is 50.3. The quantitative estimate of drug-likeness (QED) is 0.0847. The number of alkyl halides is 12. The van der Waals surface area contributed by atoms with E-state index in [0.29, 0.717) is 5.30 Å². The van der Waals surface area contributed by atoms with Crippen LogP contribution in [0.15, 0.2) is 146 Å². The van der Waals surface area contributed by atoms with E-state index < -0.39 is 55.7 Å². The second-order valence-electron chi connectivity index (χ2n) is 16.0. The molecule has 0 N–H and O–H groups in total. The molecular formula is C50H38F12NO5P. The first kappa shape index (κ1) is 50.2. The monoisotopic (exact) mass is 991 g/mol. The van der Waals surface area contributed by atoms with Crippen molar-refractivity contribution in [1.29, 1.82) is 0 Å². The molecule has 0 spiro atoms. The van der Waals surface area contributed by atoms with E-state index in [0.717, 1.165) is 48.5 Å². The average molecular weight is 992 g/mol. The summed E-state index contributed by atoms with van der Waals surface area (Å²) >= 11 is 0. The molecule has 362 valence electrons. The summed E-state index contributed by atoms with van der Waals surface area (Å²) in [6.07, 6.45) is -20.6. The van der Waals surface area contributed by atoms with Crippen LogP contribution in [0.5, 0.6) is 23.0 Å². The molecule has 7 rings (SSSR count). The summed E-state index contributed by atoms with van der Waals surface area (Å²) in [5, 5.41) is 0.666. The van der Waals surface area contributed by atoms with E-state index in [1.54, 1.807) is 54.6 Å². The molecule has 1 atom stereocenters. The van der Waals surface area contributed by atoms with Gasteiger partial charge in [0.25, 0.3) is 0 Å². The lowest BCUT2D eigenvalue weighted by Gasteiger charge is -2.39. The highest BCUT2D eigenvalue weighted by Gasteiger charge is 2.41. The Morgan fingerprint density at radius 3 is 1.19 bits per heavy atom. The summed E-state index contributed by atoms with van der Waals surface area (Å²) in [5.41, 5.74) is 0.605. The molecule has 0 heterocycles. The SMILES string of the molecule is CC(C)N(C(C)C)P(=O)(c1ccccc1)c1ccccc1-c1c(-c2ccc(OC(F)(F)F)cc2)c(-c2ccc(OC(F)(F)F)cc2)c(-c2ccc(OC(F)(F)F)cc2)c2cc(OC(F)(F)F)ccc12. The van der Waals surface area contributed by atoms with E-state index in [1.807, 2.05) is 32.4 Å². The van der Waals surface area contributed by atoms with Crippen molar-refractivity contribution in [3.63, 3.8) is 0 Å². The lowest BCUT2D eigenvalue weighted by Crippen LogP contribution is -2.41. The highest BCUT2D eigenvalue weighted by molar-refractivity contribution is 7.76. The Morgan fingerprint density at radius 2 is 0.768 bits per heavy atom. The first-order valence-corrected chi connectivity index (χ1v) is 22.4. The molecule has 0 aromatic heterocycles. The van der Waals surface area contributed by atoms with Crippen molar-refractivity contribution < 1.29 is 76.2 Å².